The van der Waals surface area contributed by atoms with Crippen LogP contribution in [-0.4, -0.2) is 49.2 Å². The third kappa shape index (κ3) is 18.9. The Bertz CT molecular complexity index is 402. The number of carboxylic acids is 1. The van der Waals surface area contributed by atoms with Crippen molar-refractivity contribution in [2.24, 2.45) is 0 Å². The Hall–Kier alpha value is -0.650. The van der Waals surface area contributed by atoms with Gasteiger partial charge in [-0.25, -0.2) is 0 Å². The molecule has 5 heteroatoms. The van der Waals surface area contributed by atoms with Gasteiger partial charge < -0.3 is 19.3 Å². The van der Waals surface area contributed by atoms with E-state index >= 15 is 0 Å². The van der Waals surface area contributed by atoms with Crippen LogP contribution in [0.5, 0.6) is 0 Å². The smallest absolute Gasteiger partial charge is 0.303 e. The summed E-state index contributed by atoms with van der Waals surface area (Å²) in [7, 11) is 0. The van der Waals surface area contributed by atoms with E-state index in [1.807, 2.05) is 0 Å². The van der Waals surface area contributed by atoms with Gasteiger partial charge >= 0.3 is 5.97 Å². The van der Waals surface area contributed by atoms with Crippen molar-refractivity contribution in [1.29, 1.82) is 0 Å². The van der Waals surface area contributed by atoms with Gasteiger partial charge in [0, 0.05) is 32.7 Å². The summed E-state index contributed by atoms with van der Waals surface area (Å²) in [5, 5.41) is 8.77. The fourth-order valence-electron chi connectivity index (χ4n) is 4.01. The number of carbonyl (C=O) groups is 1. The highest BCUT2D eigenvalue weighted by molar-refractivity contribution is 5.66. The molecular formula is C27H54O5. The molecule has 0 amide bonds. The first kappa shape index (κ1) is 31.4. The van der Waals surface area contributed by atoms with Crippen LogP contribution in [0.4, 0.5) is 0 Å². The summed E-state index contributed by atoms with van der Waals surface area (Å²) in [6.07, 6.45) is 17.0. The topological polar surface area (TPSA) is 65.0 Å². The maximum Gasteiger partial charge on any atom is 0.303 e. The zero-order valence-electron chi connectivity index (χ0n) is 21.7. The summed E-state index contributed by atoms with van der Waals surface area (Å²) < 4.78 is 18.9. The summed E-state index contributed by atoms with van der Waals surface area (Å²) in [5.41, 5.74) is 0. The summed E-state index contributed by atoms with van der Waals surface area (Å²) in [6, 6.07) is 0. The fraction of sp³-hybridized carbons (Fsp3) is 0.963. The number of carboxylic acid groups (broad SMARTS) is 1. The number of rotatable bonds is 25. The van der Waals surface area contributed by atoms with Crippen molar-refractivity contribution in [2.75, 3.05) is 19.8 Å². The molecule has 0 aromatic rings. The Morgan fingerprint density at radius 3 is 1.78 bits per heavy atom. The van der Waals surface area contributed by atoms with Crippen LogP contribution in [0, 0.1) is 0 Å². The molecule has 0 aliphatic rings. The highest BCUT2D eigenvalue weighted by Gasteiger charge is 2.26. The average Bonchev–Trinajstić information content (AvgIpc) is 2.78. The second-order valence-electron chi connectivity index (χ2n) is 9.10. The van der Waals surface area contributed by atoms with E-state index in [0.717, 1.165) is 90.4 Å². The molecule has 0 radical (unpaired) electrons. The van der Waals surface area contributed by atoms with Crippen LogP contribution in [0.25, 0.3) is 0 Å². The van der Waals surface area contributed by atoms with E-state index in [-0.39, 0.29) is 24.7 Å². The van der Waals surface area contributed by atoms with Crippen molar-refractivity contribution in [3.63, 3.8) is 0 Å². The molecule has 0 saturated heterocycles. The van der Waals surface area contributed by atoms with E-state index in [9.17, 15) is 4.79 Å². The lowest BCUT2D eigenvalue weighted by atomic mass is 9.97. The third-order valence-corrected chi connectivity index (χ3v) is 5.80. The highest BCUT2D eigenvalue weighted by atomic mass is 16.5. The molecule has 0 aromatic heterocycles. The molecule has 192 valence electrons. The third-order valence-electron chi connectivity index (χ3n) is 5.80. The van der Waals surface area contributed by atoms with Crippen molar-refractivity contribution in [1.82, 2.24) is 0 Å². The second-order valence-corrected chi connectivity index (χ2v) is 9.10. The van der Waals surface area contributed by atoms with Crippen LogP contribution >= 0.6 is 0 Å². The van der Waals surface area contributed by atoms with E-state index in [2.05, 4.69) is 27.7 Å². The first-order chi connectivity index (χ1) is 15.6. The Morgan fingerprint density at radius 1 is 0.625 bits per heavy atom. The van der Waals surface area contributed by atoms with E-state index in [4.69, 9.17) is 19.3 Å². The molecule has 1 N–H and O–H groups in total. The Morgan fingerprint density at radius 2 is 1.16 bits per heavy atom. The first-order valence-corrected chi connectivity index (χ1v) is 13.6. The first-order valence-electron chi connectivity index (χ1n) is 13.6. The molecule has 0 aromatic carbocycles. The van der Waals surface area contributed by atoms with Crippen LogP contribution in [0.1, 0.15) is 130 Å². The quantitative estimate of drug-likeness (QED) is 0.143. The van der Waals surface area contributed by atoms with Gasteiger partial charge in [-0.1, -0.05) is 79.1 Å². The van der Waals surface area contributed by atoms with Gasteiger partial charge in [0.2, 0.25) is 0 Å². The minimum absolute atomic E-state index is 0.0848. The van der Waals surface area contributed by atoms with Gasteiger partial charge in [-0.2, -0.15) is 0 Å². The summed E-state index contributed by atoms with van der Waals surface area (Å²) in [5.74, 6) is -0.691. The fourth-order valence-corrected chi connectivity index (χ4v) is 4.01. The van der Waals surface area contributed by atoms with Gasteiger partial charge in [0.25, 0.3) is 0 Å². The van der Waals surface area contributed by atoms with Gasteiger partial charge in [-0.05, 0) is 38.5 Å². The maximum atomic E-state index is 10.7. The highest BCUT2D eigenvalue weighted by Crippen LogP contribution is 2.23. The van der Waals surface area contributed by atoms with Gasteiger partial charge in [0.05, 0.1) is 18.3 Å². The van der Waals surface area contributed by atoms with E-state index in [0.29, 0.717) is 0 Å². The molecule has 0 spiro atoms. The maximum absolute atomic E-state index is 10.7. The molecule has 32 heavy (non-hydrogen) atoms. The number of ether oxygens (including phenoxy) is 3. The van der Waals surface area contributed by atoms with Crippen molar-refractivity contribution in [3.05, 3.63) is 0 Å². The van der Waals surface area contributed by atoms with Gasteiger partial charge in [-0.15, -0.1) is 0 Å². The zero-order valence-corrected chi connectivity index (χ0v) is 21.7. The molecule has 3 unspecified atom stereocenters. The normalized spacial score (nSPS) is 14.4. The molecule has 0 fully saturated rings. The number of hydrogen-bond acceptors (Lipinski definition) is 4. The molecule has 0 rings (SSSR count). The summed E-state index contributed by atoms with van der Waals surface area (Å²) in [6.45, 7) is 11.1. The van der Waals surface area contributed by atoms with Crippen molar-refractivity contribution in [2.45, 2.75) is 149 Å². The molecular weight excluding hydrogens is 404 g/mol. The van der Waals surface area contributed by atoms with Gasteiger partial charge in [0.15, 0.2) is 0 Å². The predicted molar refractivity (Wildman–Crippen MR) is 133 cm³/mol. The Labute approximate surface area is 199 Å². The Balaban J connectivity index is 4.81. The van der Waals surface area contributed by atoms with Crippen molar-refractivity contribution in [3.8, 4) is 0 Å². The lowest BCUT2D eigenvalue weighted by molar-refractivity contribution is -0.137. The van der Waals surface area contributed by atoms with Crippen LogP contribution in [0.3, 0.4) is 0 Å². The number of aliphatic carboxylic acids is 1. The SMILES string of the molecule is CCCCCCC(CC(OCCC)C(CCCCCCCC(=O)O)OCCC)OCCC. The van der Waals surface area contributed by atoms with Gasteiger partial charge in [0.1, 0.15) is 0 Å². The second kappa shape index (κ2) is 23.5. The Kier molecular flexibility index (Phi) is 23.0. The van der Waals surface area contributed by atoms with Crippen LogP contribution in [0.15, 0.2) is 0 Å². The number of unbranched alkanes of at least 4 members (excludes halogenated alkanes) is 7. The van der Waals surface area contributed by atoms with Gasteiger partial charge in [-0.3, -0.25) is 4.79 Å². The van der Waals surface area contributed by atoms with Crippen molar-refractivity contribution >= 4 is 5.97 Å². The average molecular weight is 459 g/mol. The lowest BCUT2D eigenvalue weighted by Gasteiger charge is -2.31. The molecule has 0 heterocycles. The van der Waals surface area contributed by atoms with Crippen LogP contribution in [0.2, 0.25) is 0 Å². The molecule has 0 bridgehead atoms. The monoisotopic (exact) mass is 458 g/mol. The van der Waals surface area contributed by atoms with Crippen LogP contribution < -0.4 is 0 Å². The minimum atomic E-state index is -0.691. The van der Waals surface area contributed by atoms with E-state index in [1.165, 1.54) is 25.7 Å². The van der Waals surface area contributed by atoms with Crippen molar-refractivity contribution < 1.29 is 24.1 Å². The predicted octanol–water partition coefficient (Wildman–Crippen LogP) is 7.55. The largest absolute Gasteiger partial charge is 0.481 e. The van der Waals surface area contributed by atoms with Crippen LogP contribution in [-0.2, 0) is 19.0 Å². The van der Waals surface area contributed by atoms with E-state index < -0.39 is 5.97 Å². The minimum Gasteiger partial charge on any atom is -0.481 e. The molecule has 5 nitrogen and oxygen atoms in total. The molecule has 3 atom stereocenters. The van der Waals surface area contributed by atoms with E-state index in [1.54, 1.807) is 0 Å². The molecule has 0 saturated carbocycles. The standard InChI is InChI=1S/C27H54O5/c1-5-9-10-14-17-24(30-20-6-2)23-26(32-22-8-4)25(31-21-7-3)18-15-12-11-13-16-19-27(28)29/h24-26H,5-23H2,1-4H3,(H,28,29). The molecule has 0 aliphatic heterocycles. The zero-order chi connectivity index (χ0) is 23.9. The lowest BCUT2D eigenvalue weighted by Crippen LogP contribution is -2.36. The molecule has 0 aliphatic carbocycles. The summed E-state index contributed by atoms with van der Waals surface area (Å²) >= 11 is 0. The summed E-state index contributed by atoms with van der Waals surface area (Å²) in [4.78, 5) is 10.7. The number of hydrogen-bond donors (Lipinski definition) is 1.